The zero-order chi connectivity index (χ0) is 10.7. The summed E-state index contributed by atoms with van der Waals surface area (Å²) >= 11 is 0. The van der Waals surface area contributed by atoms with Gasteiger partial charge < -0.3 is 0 Å². The molecule has 1 atom stereocenters. The number of hydrogen-bond donors (Lipinski definition) is 0. The normalized spacial score (nSPS) is 21.7. The van der Waals surface area contributed by atoms with Crippen LogP contribution >= 0.6 is 0 Å². The van der Waals surface area contributed by atoms with Crippen molar-refractivity contribution in [3.63, 3.8) is 0 Å². The van der Waals surface area contributed by atoms with E-state index in [1.54, 1.807) is 0 Å². The highest BCUT2D eigenvalue weighted by molar-refractivity contribution is 5.80. The highest BCUT2D eigenvalue weighted by Crippen LogP contribution is 2.31. The van der Waals surface area contributed by atoms with Gasteiger partial charge in [0.25, 0.3) is 0 Å². The van der Waals surface area contributed by atoms with Gasteiger partial charge in [0.1, 0.15) is 5.78 Å². The Labute approximate surface area is 91.5 Å². The largest absolute Gasteiger partial charge is 0.300 e. The van der Waals surface area contributed by atoms with Crippen molar-refractivity contribution in [3.8, 4) is 0 Å². The number of aryl methyl sites for hydroxylation is 1. The lowest BCUT2D eigenvalue weighted by atomic mass is 9.83. The number of ketones is 1. The maximum absolute atomic E-state index is 11.4. The third-order valence-electron chi connectivity index (χ3n) is 3.31. The van der Waals surface area contributed by atoms with E-state index in [1.807, 2.05) is 0 Å². The van der Waals surface area contributed by atoms with Crippen molar-refractivity contribution < 1.29 is 4.79 Å². The van der Waals surface area contributed by atoms with Crippen LogP contribution in [0.4, 0.5) is 0 Å². The van der Waals surface area contributed by atoms with Crippen molar-refractivity contribution >= 4 is 5.78 Å². The highest BCUT2D eigenvalue weighted by atomic mass is 16.1. The van der Waals surface area contributed by atoms with Crippen molar-refractivity contribution in [2.45, 2.75) is 44.9 Å². The number of carbonyl (C=O) groups is 1. The maximum Gasteiger partial charge on any atom is 0.133 e. The Morgan fingerprint density at radius 3 is 3.00 bits per heavy atom. The average molecular weight is 202 g/mol. The first-order chi connectivity index (χ1) is 7.29. The van der Waals surface area contributed by atoms with E-state index in [-0.39, 0.29) is 0 Å². The second kappa shape index (κ2) is 4.61. The molecule has 1 aliphatic carbocycles. The fourth-order valence-electron chi connectivity index (χ4n) is 2.38. The predicted octanol–water partition coefficient (Wildman–Crippen LogP) is 3.48. The van der Waals surface area contributed by atoms with Gasteiger partial charge in [0, 0.05) is 12.8 Å². The summed E-state index contributed by atoms with van der Waals surface area (Å²) in [6, 6.07) is 8.72. The molecule has 1 aliphatic rings. The van der Waals surface area contributed by atoms with Gasteiger partial charge in [0.15, 0.2) is 0 Å². The molecule has 1 heteroatoms. The summed E-state index contributed by atoms with van der Waals surface area (Å²) in [6.07, 6.45) is 4.88. The van der Waals surface area contributed by atoms with E-state index in [2.05, 4.69) is 31.2 Å². The third-order valence-corrected chi connectivity index (χ3v) is 3.31. The molecule has 0 spiro atoms. The first-order valence-corrected chi connectivity index (χ1v) is 5.90. The van der Waals surface area contributed by atoms with E-state index >= 15 is 0 Å². The van der Waals surface area contributed by atoms with Gasteiger partial charge in [-0.1, -0.05) is 31.2 Å². The standard InChI is InChI=1S/C14H18O/c1-2-11-5-3-6-12(9-11)13-7-4-8-14(15)10-13/h3,5-6,9,13H,2,4,7-8,10H2,1H3. The molecule has 1 aromatic carbocycles. The summed E-state index contributed by atoms with van der Waals surface area (Å²) in [4.78, 5) is 11.4. The molecular formula is C14H18O. The predicted molar refractivity (Wildman–Crippen MR) is 62.0 cm³/mol. The highest BCUT2D eigenvalue weighted by Gasteiger charge is 2.20. The molecule has 0 aromatic heterocycles. The Balaban J connectivity index is 2.17. The van der Waals surface area contributed by atoms with Crippen LogP contribution in [0, 0.1) is 0 Å². The quantitative estimate of drug-likeness (QED) is 0.717. The van der Waals surface area contributed by atoms with Gasteiger partial charge in [-0.15, -0.1) is 0 Å². The summed E-state index contributed by atoms with van der Waals surface area (Å²) in [5.41, 5.74) is 2.74. The van der Waals surface area contributed by atoms with Gasteiger partial charge in [0.05, 0.1) is 0 Å². The van der Waals surface area contributed by atoms with Crippen LogP contribution in [-0.4, -0.2) is 5.78 Å². The van der Waals surface area contributed by atoms with Gasteiger partial charge in [0.2, 0.25) is 0 Å². The Morgan fingerprint density at radius 1 is 1.40 bits per heavy atom. The van der Waals surface area contributed by atoms with Crippen LogP contribution in [0.5, 0.6) is 0 Å². The summed E-state index contributed by atoms with van der Waals surface area (Å²) < 4.78 is 0. The molecule has 1 unspecified atom stereocenters. The zero-order valence-electron chi connectivity index (χ0n) is 9.33. The van der Waals surface area contributed by atoms with Crippen LogP contribution in [-0.2, 0) is 11.2 Å². The van der Waals surface area contributed by atoms with Crippen LogP contribution in [0.3, 0.4) is 0 Å². The second-order valence-electron chi connectivity index (χ2n) is 4.43. The summed E-state index contributed by atoms with van der Waals surface area (Å²) in [5.74, 6) is 0.922. The minimum atomic E-state index is 0.438. The minimum absolute atomic E-state index is 0.438. The molecule has 1 saturated carbocycles. The maximum atomic E-state index is 11.4. The molecule has 0 N–H and O–H groups in total. The van der Waals surface area contributed by atoms with E-state index in [4.69, 9.17) is 0 Å². The number of Topliss-reactive ketones (excluding diaryl/α,β-unsaturated/α-hetero) is 1. The Hall–Kier alpha value is -1.11. The first-order valence-electron chi connectivity index (χ1n) is 5.90. The molecule has 0 bridgehead atoms. The van der Waals surface area contributed by atoms with Crippen LogP contribution in [0.1, 0.15) is 49.7 Å². The molecule has 0 heterocycles. The fraction of sp³-hybridized carbons (Fsp3) is 0.500. The first kappa shape index (κ1) is 10.4. The van der Waals surface area contributed by atoms with E-state index < -0.39 is 0 Å². The van der Waals surface area contributed by atoms with E-state index in [9.17, 15) is 4.79 Å². The molecule has 1 fully saturated rings. The summed E-state index contributed by atoms with van der Waals surface area (Å²) in [5, 5.41) is 0. The van der Waals surface area contributed by atoms with Crippen LogP contribution < -0.4 is 0 Å². The molecule has 0 saturated heterocycles. The Kier molecular flexibility index (Phi) is 3.20. The second-order valence-corrected chi connectivity index (χ2v) is 4.43. The third kappa shape index (κ3) is 2.47. The van der Waals surface area contributed by atoms with Gasteiger partial charge >= 0.3 is 0 Å². The van der Waals surface area contributed by atoms with Crippen molar-refractivity contribution in [2.24, 2.45) is 0 Å². The number of rotatable bonds is 2. The topological polar surface area (TPSA) is 17.1 Å². The summed E-state index contributed by atoms with van der Waals surface area (Å²) in [7, 11) is 0. The van der Waals surface area contributed by atoms with Crippen LogP contribution in [0.15, 0.2) is 24.3 Å². The van der Waals surface area contributed by atoms with E-state index in [0.29, 0.717) is 11.7 Å². The Bertz CT molecular complexity index is 354. The van der Waals surface area contributed by atoms with Gasteiger partial charge in [-0.2, -0.15) is 0 Å². The molecule has 15 heavy (non-hydrogen) atoms. The van der Waals surface area contributed by atoms with Crippen molar-refractivity contribution in [3.05, 3.63) is 35.4 Å². The van der Waals surface area contributed by atoms with Crippen LogP contribution in [0.2, 0.25) is 0 Å². The SMILES string of the molecule is CCc1cccc(C2CCCC(=O)C2)c1. The van der Waals surface area contributed by atoms with Gasteiger partial charge in [-0.25, -0.2) is 0 Å². The molecular weight excluding hydrogens is 184 g/mol. The van der Waals surface area contributed by atoms with Crippen molar-refractivity contribution in [1.29, 1.82) is 0 Å². The molecule has 1 aromatic rings. The molecule has 0 amide bonds. The van der Waals surface area contributed by atoms with Crippen molar-refractivity contribution in [2.75, 3.05) is 0 Å². The monoisotopic (exact) mass is 202 g/mol. The lowest BCUT2D eigenvalue weighted by molar-refractivity contribution is -0.120. The Morgan fingerprint density at radius 2 is 2.27 bits per heavy atom. The zero-order valence-corrected chi connectivity index (χ0v) is 9.33. The van der Waals surface area contributed by atoms with E-state index in [1.165, 1.54) is 17.5 Å². The lowest BCUT2D eigenvalue weighted by Gasteiger charge is -2.21. The number of hydrogen-bond acceptors (Lipinski definition) is 1. The van der Waals surface area contributed by atoms with Crippen molar-refractivity contribution in [1.82, 2.24) is 0 Å². The minimum Gasteiger partial charge on any atom is -0.300 e. The number of benzene rings is 1. The number of carbonyl (C=O) groups excluding carboxylic acids is 1. The van der Waals surface area contributed by atoms with Gasteiger partial charge in [-0.3, -0.25) is 4.79 Å². The average Bonchev–Trinajstić information content (AvgIpc) is 2.29. The summed E-state index contributed by atoms with van der Waals surface area (Å²) in [6.45, 7) is 2.17. The fourth-order valence-corrected chi connectivity index (χ4v) is 2.38. The smallest absolute Gasteiger partial charge is 0.133 e. The van der Waals surface area contributed by atoms with Gasteiger partial charge in [-0.05, 0) is 36.3 Å². The molecule has 80 valence electrons. The molecule has 0 radical (unpaired) electrons. The molecule has 2 rings (SSSR count). The molecule has 0 aliphatic heterocycles. The van der Waals surface area contributed by atoms with E-state index in [0.717, 1.165) is 25.7 Å². The lowest BCUT2D eigenvalue weighted by Crippen LogP contribution is -2.13. The van der Waals surface area contributed by atoms with Crippen LogP contribution in [0.25, 0.3) is 0 Å². The molecule has 1 nitrogen and oxygen atoms in total.